The highest BCUT2D eigenvalue weighted by atomic mass is 16.5. The van der Waals surface area contributed by atoms with Gasteiger partial charge in [0.1, 0.15) is 17.8 Å². The first-order chi connectivity index (χ1) is 29.8. The van der Waals surface area contributed by atoms with E-state index in [1.807, 2.05) is 6.92 Å². The molecule has 0 spiro atoms. The molecule has 0 saturated heterocycles. The Labute approximate surface area is 362 Å². The zero-order chi connectivity index (χ0) is 46.0. The van der Waals surface area contributed by atoms with Crippen molar-refractivity contribution in [3.8, 4) is 5.75 Å². The third-order valence-corrected chi connectivity index (χ3v) is 9.08. The summed E-state index contributed by atoms with van der Waals surface area (Å²) in [5.74, 6) is -5.53. The Balaban J connectivity index is 2.11. The van der Waals surface area contributed by atoms with Gasteiger partial charge in [-0.2, -0.15) is 0 Å². The highest BCUT2D eigenvalue weighted by Crippen LogP contribution is 2.14. The molecule has 1 rings (SSSR count). The van der Waals surface area contributed by atoms with Crippen LogP contribution in [-0.4, -0.2) is 140 Å². The first-order valence-electron chi connectivity index (χ1n) is 21.2. The van der Waals surface area contributed by atoms with E-state index >= 15 is 0 Å². The molecule has 21 heteroatoms. The molecule has 1 aromatic rings. The lowest BCUT2D eigenvalue weighted by Crippen LogP contribution is -2.55. The van der Waals surface area contributed by atoms with Crippen molar-refractivity contribution in [2.45, 2.75) is 109 Å². The van der Waals surface area contributed by atoms with Crippen LogP contribution < -0.4 is 47.3 Å². The van der Waals surface area contributed by atoms with Gasteiger partial charge in [0.2, 0.25) is 47.3 Å². The van der Waals surface area contributed by atoms with E-state index in [1.165, 1.54) is 12.1 Å². The van der Waals surface area contributed by atoms with Crippen LogP contribution in [-0.2, 0) is 38.4 Å². The van der Waals surface area contributed by atoms with E-state index in [2.05, 4.69) is 42.5 Å². The lowest BCUT2D eigenvalue weighted by molar-refractivity contribution is -0.133. The number of unbranched alkanes of at least 4 members (excludes halogenated alkanes) is 9. The maximum atomic E-state index is 12.5. The van der Waals surface area contributed by atoms with Crippen molar-refractivity contribution in [2.75, 3.05) is 59.1 Å². The molecule has 0 aliphatic carbocycles. The number of carboxylic acids is 1. The van der Waals surface area contributed by atoms with Crippen molar-refractivity contribution in [3.05, 3.63) is 29.8 Å². The van der Waals surface area contributed by atoms with E-state index in [0.717, 1.165) is 70.6 Å². The van der Waals surface area contributed by atoms with E-state index < -0.39 is 92.3 Å². The molecule has 0 saturated carbocycles. The minimum atomic E-state index is -1.48. The first kappa shape index (κ1) is 54.2. The fraction of sp³-hybridized carbons (Fsp3) is 0.634. The Bertz CT molecular complexity index is 1560. The molecule has 0 fully saturated rings. The standard InChI is InChI=1S/C41H66N8O13/c1-2-3-20-43-35(54)23-45-36(55)24-46-39(58)31(27-50)49-38(57)26-47-40(59)32(28-51)48-37(56)25-44-34(53)15-13-21-42-33(52)14-11-9-7-5-4-6-8-10-12-22-62-30-18-16-29(17-19-30)41(60)61/h16-19,31-32,50-51H,2-15,20-28H2,1H3,(H,42,52)(H,43,54)(H,44,53)(H,45,55)(H,46,58)(H,47,59)(H,48,56)(H,49,57)(H,60,61). The molecule has 11 N–H and O–H groups in total. The van der Waals surface area contributed by atoms with Crippen molar-refractivity contribution >= 4 is 53.2 Å². The minimum Gasteiger partial charge on any atom is -0.494 e. The Morgan fingerprint density at radius 2 is 0.919 bits per heavy atom. The molecule has 348 valence electrons. The number of aromatic carboxylic acids is 1. The quantitative estimate of drug-likeness (QED) is 0.0361. The van der Waals surface area contributed by atoms with Crippen molar-refractivity contribution in [1.82, 2.24) is 42.5 Å². The van der Waals surface area contributed by atoms with Crippen LogP contribution in [0.4, 0.5) is 0 Å². The van der Waals surface area contributed by atoms with Crippen LogP contribution in [0, 0.1) is 0 Å². The van der Waals surface area contributed by atoms with Crippen LogP contribution in [0.15, 0.2) is 24.3 Å². The number of carbonyl (C=O) groups is 9. The van der Waals surface area contributed by atoms with Crippen LogP contribution >= 0.6 is 0 Å². The highest BCUT2D eigenvalue weighted by molar-refractivity contribution is 5.94. The van der Waals surface area contributed by atoms with E-state index in [1.54, 1.807) is 12.1 Å². The van der Waals surface area contributed by atoms with Gasteiger partial charge in [-0.15, -0.1) is 0 Å². The third-order valence-electron chi connectivity index (χ3n) is 9.08. The summed E-state index contributed by atoms with van der Waals surface area (Å²) in [6, 6.07) is 3.40. The topological polar surface area (TPSA) is 320 Å². The number of hydrogen-bond donors (Lipinski definition) is 11. The monoisotopic (exact) mass is 878 g/mol. The fourth-order valence-electron chi connectivity index (χ4n) is 5.51. The van der Waals surface area contributed by atoms with Crippen LogP contribution in [0.5, 0.6) is 5.75 Å². The second-order valence-corrected chi connectivity index (χ2v) is 14.4. The number of nitrogens with one attached hydrogen (secondary N) is 8. The maximum absolute atomic E-state index is 12.5. The third kappa shape index (κ3) is 27.1. The Hall–Kier alpha value is -5.83. The summed E-state index contributed by atoms with van der Waals surface area (Å²) in [4.78, 5) is 108. The van der Waals surface area contributed by atoms with Gasteiger partial charge in [-0.05, 0) is 49.9 Å². The first-order valence-corrected chi connectivity index (χ1v) is 21.2. The summed E-state index contributed by atoms with van der Waals surface area (Å²) in [5, 5.41) is 46.9. The zero-order valence-corrected chi connectivity index (χ0v) is 35.7. The lowest BCUT2D eigenvalue weighted by Gasteiger charge is -2.18. The molecule has 0 aliphatic heterocycles. The smallest absolute Gasteiger partial charge is 0.335 e. The number of carboxylic acid groups (broad SMARTS) is 1. The molecule has 0 aliphatic rings. The van der Waals surface area contributed by atoms with Gasteiger partial charge in [0.25, 0.3) is 0 Å². The largest absolute Gasteiger partial charge is 0.494 e. The summed E-state index contributed by atoms with van der Waals surface area (Å²) < 4.78 is 5.65. The lowest BCUT2D eigenvalue weighted by atomic mass is 10.1. The highest BCUT2D eigenvalue weighted by Gasteiger charge is 2.23. The molecule has 1 aromatic carbocycles. The predicted molar refractivity (Wildman–Crippen MR) is 225 cm³/mol. The number of aliphatic hydroxyl groups is 2. The van der Waals surface area contributed by atoms with Crippen LogP contribution in [0.1, 0.15) is 107 Å². The molecule has 0 heterocycles. The van der Waals surface area contributed by atoms with Crippen LogP contribution in [0.2, 0.25) is 0 Å². The van der Waals surface area contributed by atoms with E-state index in [0.29, 0.717) is 31.7 Å². The molecule has 8 amide bonds. The van der Waals surface area contributed by atoms with Gasteiger partial charge in [0, 0.05) is 25.9 Å². The second kappa shape index (κ2) is 33.8. The number of rotatable bonds is 35. The summed E-state index contributed by atoms with van der Waals surface area (Å²) in [7, 11) is 0. The van der Waals surface area contributed by atoms with E-state index in [4.69, 9.17) is 9.84 Å². The normalized spacial score (nSPS) is 11.5. The zero-order valence-electron chi connectivity index (χ0n) is 35.7. The second-order valence-electron chi connectivity index (χ2n) is 14.4. The molecule has 0 aromatic heterocycles. The number of benzene rings is 1. The average Bonchev–Trinajstić information content (AvgIpc) is 3.26. The predicted octanol–water partition coefficient (Wildman–Crippen LogP) is -1.10. The number of hydrogen-bond acceptors (Lipinski definition) is 12. The van der Waals surface area contributed by atoms with Gasteiger partial charge in [0.05, 0.1) is 51.6 Å². The Morgan fingerprint density at radius 3 is 1.47 bits per heavy atom. The molecule has 62 heavy (non-hydrogen) atoms. The van der Waals surface area contributed by atoms with Gasteiger partial charge in [0.15, 0.2) is 0 Å². The van der Waals surface area contributed by atoms with Crippen molar-refractivity contribution in [1.29, 1.82) is 0 Å². The van der Waals surface area contributed by atoms with E-state index in [-0.39, 0.29) is 31.0 Å². The Morgan fingerprint density at radius 1 is 0.500 bits per heavy atom. The molecular formula is C41H66N8O13. The molecule has 2 atom stereocenters. The SMILES string of the molecule is CCCCNC(=O)CNC(=O)CNC(=O)C(CO)NC(=O)CNC(=O)C(CO)NC(=O)CNC(=O)CCCNC(=O)CCCCCCCCCCCOc1ccc(C(=O)O)cc1. The Kier molecular flexibility index (Phi) is 29.6. The van der Waals surface area contributed by atoms with Crippen molar-refractivity contribution in [2.24, 2.45) is 0 Å². The maximum Gasteiger partial charge on any atom is 0.335 e. The molecule has 0 bridgehead atoms. The summed E-state index contributed by atoms with van der Waals surface area (Å²) >= 11 is 0. The van der Waals surface area contributed by atoms with Gasteiger partial charge in [-0.25, -0.2) is 4.79 Å². The van der Waals surface area contributed by atoms with E-state index in [9.17, 15) is 53.4 Å². The number of carbonyl (C=O) groups excluding carboxylic acids is 8. The van der Waals surface area contributed by atoms with Gasteiger partial charge < -0.3 is 62.6 Å². The number of aliphatic hydroxyl groups excluding tert-OH is 2. The minimum absolute atomic E-state index is 0.0277. The van der Waals surface area contributed by atoms with Gasteiger partial charge >= 0.3 is 5.97 Å². The number of amides is 8. The molecule has 2 unspecified atom stereocenters. The summed E-state index contributed by atoms with van der Waals surface area (Å²) in [6.45, 7) is -0.434. The molecular weight excluding hydrogens is 812 g/mol. The molecule has 21 nitrogen and oxygen atoms in total. The van der Waals surface area contributed by atoms with Gasteiger partial charge in [-0.1, -0.05) is 58.3 Å². The van der Waals surface area contributed by atoms with Crippen LogP contribution in [0.3, 0.4) is 0 Å². The van der Waals surface area contributed by atoms with Crippen molar-refractivity contribution in [3.63, 3.8) is 0 Å². The van der Waals surface area contributed by atoms with Gasteiger partial charge in [-0.3, -0.25) is 38.4 Å². The van der Waals surface area contributed by atoms with Crippen molar-refractivity contribution < 1.29 is 63.2 Å². The van der Waals surface area contributed by atoms with Crippen LogP contribution in [0.25, 0.3) is 0 Å². The summed E-state index contributed by atoms with van der Waals surface area (Å²) in [5.41, 5.74) is 0.227. The molecule has 0 radical (unpaired) electrons. The fourth-order valence-corrected chi connectivity index (χ4v) is 5.51. The summed E-state index contributed by atoms with van der Waals surface area (Å²) in [6.07, 6.45) is 11.6. The average molecular weight is 879 g/mol. The number of ether oxygens (including phenoxy) is 1.